The lowest BCUT2D eigenvalue weighted by atomic mass is 9.80. The van der Waals surface area contributed by atoms with Gasteiger partial charge in [-0.15, -0.1) is 0 Å². The molecule has 1 saturated carbocycles. The Morgan fingerprint density at radius 3 is 2.43 bits per heavy atom. The first-order chi connectivity index (χ1) is 9.94. The summed E-state index contributed by atoms with van der Waals surface area (Å²) in [7, 11) is 1.76. The van der Waals surface area contributed by atoms with E-state index in [2.05, 4.69) is 10.4 Å². The van der Waals surface area contributed by atoms with Crippen LogP contribution in [-0.2, 0) is 11.8 Å². The van der Waals surface area contributed by atoms with Crippen molar-refractivity contribution in [1.29, 1.82) is 0 Å². The van der Waals surface area contributed by atoms with Gasteiger partial charge in [0.05, 0.1) is 16.7 Å². The lowest BCUT2D eigenvalue weighted by Gasteiger charge is -2.28. The van der Waals surface area contributed by atoms with E-state index in [-0.39, 0.29) is 12.5 Å². The Morgan fingerprint density at radius 1 is 1.33 bits per heavy atom. The minimum absolute atomic E-state index is 0.190. The number of nitrogens with zero attached hydrogens (tertiary/aromatic N) is 2. The topological polar surface area (TPSA) is 84.2 Å². The van der Waals surface area contributed by atoms with Crippen LogP contribution in [0.1, 0.15) is 54.6 Å². The molecule has 2 rings (SSSR count). The van der Waals surface area contributed by atoms with E-state index in [1.54, 1.807) is 24.9 Å². The molecular formula is C15H23N3O3. The van der Waals surface area contributed by atoms with Crippen molar-refractivity contribution >= 4 is 11.9 Å². The molecule has 6 heteroatoms. The molecule has 0 unspecified atom stereocenters. The van der Waals surface area contributed by atoms with E-state index in [0.717, 1.165) is 25.7 Å². The molecule has 1 aromatic rings. The maximum Gasteiger partial charge on any atom is 0.311 e. The number of aryl methyl sites for hydroxylation is 2. The monoisotopic (exact) mass is 293 g/mol. The van der Waals surface area contributed by atoms with E-state index in [4.69, 9.17) is 0 Å². The SMILES string of the molecule is Cc1nn(C)cc1C(=O)NCC1(C(=O)O)CCCCCC1. The average molecular weight is 293 g/mol. The summed E-state index contributed by atoms with van der Waals surface area (Å²) in [5.74, 6) is -1.04. The van der Waals surface area contributed by atoms with Gasteiger partial charge in [-0.05, 0) is 19.8 Å². The van der Waals surface area contributed by atoms with Crippen LogP contribution in [0.3, 0.4) is 0 Å². The third-order valence-corrected chi connectivity index (χ3v) is 4.36. The summed E-state index contributed by atoms with van der Waals surface area (Å²) in [4.78, 5) is 23.9. The predicted octanol–water partition coefficient (Wildman–Crippen LogP) is 1.88. The number of aliphatic carboxylic acids is 1. The number of carboxylic acid groups (broad SMARTS) is 1. The van der Waals surface area contributed by atoms with E-state index in [0.29, 0.717) is 24.1 Å². The molecule has 1 aromatic heterocycles. The molecule has 0 aliphatic heterocycles. The molecule has 6 nitrogen and oxygen atoms in total. The third kappa shape index (κ3) is 3.43. The summed E-state index contributed by atoms with van der Waals surface area (Å²) in [6.45, 7) is 1.96. The molecular weight excluding hydrogens is 270 g/mol. The number of carbonyl (C=O) groups excluding carboxylic acids is 1. The number of carbonyl (C=O) groups is 2. The third-order valence-electron chi connectivity index (χ3n) is 4.36. The number of aromatic nitrogens is 2. The van der Waals surface area contributed by atoms with Crippen molar-refractivity contribution in [3.63, 3.8) is 0 Å². The molecule has 2 N–H and O–H groups in total. The van der Waals surface area contributed by atoms with Gasteiger partial charge in [-0.1, -0.05) is 25.7 Å². The molecule has 1 aliphatic carbocycles. The second kappa shape index (κ2) is 6.28. The first-order valence-corrected chi connectivity index (χ1v) is 7.46. The van der Waals surface area contributed by atoms with Gasteiger partial charge < -0.3 is 10.4 Å². The van der Waals surface area contributed by atoms with Crippen LogP contribution >= 0.6 is 0 Å². The summed E-state index contributed by atoms with van der Waals surface area (Å²) in [6, 6.07) is 0. The van der Waals surface area contributed by atoms with Gasteiger partial charge in [-0.2, -0.15) is 5.10 Å². The molecule has 1 heterocycles. The van der Waals surface area contributed by atoms with Crippen LogP contribution in [-0.4, -0.2) is 33.3 Å². The second-order valence-corrected chi connectivity index (χ2v) is 5.98. The summed E-state index contributed by atoms with van der Waals surface area (Å²) in [5, 5.41) is 16.5. The average Bonchev–Trinajstić information content (AvgIpc) is 2.65. The summed E-state index contributed by atoms with van der Waals surface area (Å²) in [6.07, 6.45) is 6.89. The highest BCUT2D eigenvalue weighted by atomic mass is 16.4. The lowest BCUT2D eigenvalue weighted by Crippen LogP contribution is -2.43. The zero-order chi connectivity index (χ0) is 15.5. The Labute approximate surface area is 124 Å². The van der Waals surface area contributed by atoms with Gasteiger partial charge in [-0.25, -0.2) is 0 Å². The standard InChI is InChI=1S/C15H23N3O3/c1-11-12(9-18(2)17-11)13(19)16-10-15(14(20)21)7-5-3-4-6-8-15/h9H,3-8,10H2,1-2H3,(H,16,19)(H,20,21). The lowest BCUT2D eigenvalue weighted by molar-refractivity contribution is -0.149. The summed E-state index contributed by atoms with van der Waals surface area (Å²) < 4.78 is 1.59. The first-order valence-electron chi connectivity index (χ1n) is 7.46. The number of hydrogen-bond acceptors (Lipinski definition) is 3. The van der Waals surface area contributed by atoms with Gasteiger partial charge in [0.1, 0.15) is 0 Å². The van der Waals surface area contributed by atoms with Crippen LogP contribution in [0.4, 0.5) is 0 Å². The maximum atomic E-state index is 12.2. The van der Waals surface area contributed by atoms with Crippen LogP contribution in [0.15, 0.2) is 6.20 Å². The summed E-state index contributed by atoms with van der Waals surface area (Å²) >= 11 is 0. The highest BCUT2D eigenvalue weighted by Gasteiger charge is 2.39. The van der Waals surface area contributed by atoms with E-state index < -0.39 is 11.4 Å². The quantitative estimate of drug-likeness (QED) is 0.830. The molecule has 1 aliphatic rings. The Balaban J connectivity index is 2.06. The molecule has 0 atom stereocenters. The Morgan fingerprint density at radius 2 is 1.95 bits per heavy atom. The fourth-order valence-corrected chi connectivity index (χ4v) is 3.04. The molecule has 1 amide bonds. The molecule has 0 aromatic carbocycles. The van der Waals surface area contributed by atoms with Crippen molar-refractivity contribution in [3.8, 4) is 0 Å². The van der Waals surface area contributed by atoms with E-state index in [1.807, 2.05) is 0 Å². The molecule has 116 valence electrons. The molecule has 0 bridgehead atoms. The van der Waals surface area contributed by atoms with Crippen LogP contribution in [0, 0.1) is 12.3 Å². The molecule has 0 radical (unpaired) electrons. The normalized spacial score (nSPS) is 18.0. The minimum atomic E-state index is -0.817. The smallest absolute Gasteiger partial charge is 0.311 e. The van der Waals surface area contributed by atoms with Crippen LogP contribution in [0.5, 0.6) is 0 Å². The Bertz CT molecular complexity index is 528. The van der Waals surface area contributed by atoms with Crippen molar-refractivity contribution in [2.75, 3.05) is 6.54 Å². The van der Waals surface area contributed by atoms with E-state index >= 15 is 0 Å². The van der Waals surface area contributed by atoms with Crippen molar-refractivity contribution < 1.29 is 14.7 Å². The highest BCUT2D eigenvalue weighted by Crippen LogP contribution is 2.34. The van der Waals surface area contributed by atoms with Crippen LogP contribution in [0.2, 0.25) is 0 Å². The zero-order valence-electron chi connectivity index (χ0n) is 12.7. The van der Waals surface area contributed by atoms with Gasteiger partial charge in [0.25, 0.3) is 5.91 Å². The van der Waals surface area contributed by atoms with Crippen molar-refractivity contribution in [2.24, 2.45) is 12.5 Å². The molecule has 1 fully saturated rings. The number of amides is 1. The van der Waals surface area contributed by atoms with Crippen molar-refractivity contribution in [2.45, 2.75) is 45.4 Å². The number of nitrogens with one attached hydrogen (secondary N) is 1. The molecule has 0 spiro atoms. The summed E-state index contributed by atoms with van der Waals surface area (Å²) in [5.41, 5.74) is 0.342. The van der Waals surface area contributed by atoms with Crippen LogP contribution < -0.4 is 5.32 Å². The van der Waals surface area contributed by atoms with Gasteiger partial charge in [0, 0.05) is 19.8 Å². The van der Waals surface area contributed by atoms with E-state index in [1.165, 1.54) is 0 Å². The van der Waals surface area contributed by atoms with Gasteiger partial charge in [0.15, 0.2) is 0 Å². The predicted molar refractivity (Wildman–Crippen MR) is 78.0 cm³/mol. The molecule has 21 heavy (non-hydrogen) atoms. The second-order valence-electron chi connectivity index (χ2n) is 5.98. The van der Waals surface area contributed by atoms with Gasteiger partial charge >= 0.3 is 5.97 Å². The Hall–Kier alpha value is -1.85. The first kappa shape index (κ1) is 15.5. The van der Waals surface area contributed by atoms with Crippen LogP contribution in [0.25, 0.3) is 0 Å². The fraction of sp³-hybridized carbons (Fsp3) is 0.667. The number of rotatable bonds is 4. The zero-order valence-corrected chi connectivity index (χ0v) is 12.7. The maximum absolute atomic E-state index is 12.2. The molecule has 0 saturated heterocycles. The van der Waals surface area contributed by atoms with Gasteiger partial charge in [0.2, 0.25) is 0 Å². The number of hydrogen-bond donors (Lipinski definition) is 2. The van der Waals surface area contributed by atoms with Crippen molar-refractivity contribution in [3.05, 3.63) is 17.5 Å². The number of carboxylic acids is 1. The largest absolute Gasteiger partial charge is 0.481 e. The Kier molecular flexibility index (Phi) is 4.65. The minimum Gasteiger partial charge on any atom is -0.481 e. The fourth-order valence-electron chi connectivity index (χ4n) is 3.04. The van der Waals surface area contributed by atoms with Crippen molar-refractivity contribution in [1.82, 2.24) is 15.1 Å². The van der Waals surface area contributed by atoms with Gasteiger partial charge in [-0.3, -0.25) is 14.3 Å². The van der Waals surface area contributed by atoms with E-state index in [9.17, 15) is 14.7 Å². The highest BCUT2D eigenvalue weighted by molar-refractivity contribution is 5.95.